The van der Waals surface area contributed by atoms with Crippen molar-refractivity contribution in [2.24, 2.45) is 5.73 Å². The average molecular weight is 315 g/mol. The predicted octanol–water partition coefficient (Wildman–Crippen LogP) is 0.320. The maximum atomic E-state index is 12.2. The molecule has 1 aliphatic heterocycles. The van der Waals surface area contributed by atoms with E-state index < -0.39 is 6.04 Å². The molecule has 0 radical (unpaired) electrons. The van der Waals surface area contributed by atoms with E-state index in [-0.39, 0.29) is 30.7 Å². The number of hydrogen-bond donors (Lipinski definition) is 2. The van der Waals surface area contributed by atoms with Crippen molar-refractivity contribution in [3.63, 3.8) is 0 Å². The van der Waals surface area contributed by atoms with E-state index in [2.05, 4.69) is 16.4 Å². The number of carbonyl (C=O) groups is 2. The van der Waals surface area contributed by atoms with Crippen molar-refractivity contribution >= 4 is 11.8 Å². The minimum Gasteiger partial charge on any atom is -0.352 e. The normalized spacial score (nSPS) is 18.3. The quantitative estimate of drug-likeness (QED) is 0.785. The molecule has 1 saturated heterocycles. The van der Waals surface area contributed by atoms with Crippen LogP contribution in [0.2, 0.25) is 0 Å². The zero-order valence-electron chi connectivity index (χ0n) is 12.9. The van der Waals surface area contributed by atoms with Gasteiger partial charge in [0.1, 0.15) is 6.04 Å². The van der Waals surface area contributed by atoms with Crippen molar-refractivity contribution in [1.82, 2.24) is 15.2 Å². The Hall–Kier alpha value is -2.46. The van der Waals surface area contributed by atoms with Crippen LogP contribution in [0, 0.1) is 11.3 Å². The van der Waals surface area contributed by atoms with Crippen molar-refractivity contribution in [3.05, 3.63) is 30.1 Å². The van der Waals surface area contributed by atoms with Gasteiger partial charge in [-0.1, -0.05) is 6.07 Å². The van der Waals surface area contributed by atoms with Crippen molar-refractivity contribution < 1.29 is 9.59 Å². The zero-order valence-corrected chi connectivity index (χ0v) is 12.9. The van der Waals surface area contributed by atoms with Crippen LogP contribution in [-0.4, -0.2) is 40.3 Å². The lowest BCUT2D eigenvalue weighted by Gasteiger charge is -2.23. The fraction of sp³-hybridized carbons (Fsp3) is 0.500. The van der Waals surface area contributed by atoms with Gasteiger partial charge in [0.25, 0.3) is 0 Å². The molecule has 0 spiro atoms. The number of amides is 2. The van der Waals surface area contributed by atoms with Crippen LogP contribution in [0.4, 0.5) is 0 Å². The zero-order chi connectivity index (χ0) is 16.7. The highest BCUT2D eigenvalue weighted by molar-refractivity contribution is 5.83. The van der Waals surface area contributed by atoms with E-state index in [1.54, 1.807) is 18.5 Å². The lowest BCUT2D eigenvalue weighted by molar-refractivity contribution is -0.132. The van der Waals surface area contributed by atoms with Crippen LogP contribution >= 0.6 is 0 Å². The molecule has 1 aromatic heterocycles. The van der Waals surface area contributed by atoms with Gasteiger partial charge in [-0.3, -0.25) is 14.6 Å². The number of nitrogens with one attached hydrogen (secondary N) is 1. The highest BCUT2D eigenvalue weighted by atomic mass is 16.2. The molecule has 0 aliphatic carbocycles. The first-order valence-corrected chi connectivity index (χ1v) is 7.73. The summed E-state index contributed by atoms with van der Waals surface area (Å²) in [5, 5.41) is 11.8. The van der Waals surface area contributed by atoms with Gasteiger partial charge in [0.2, 0.25) is 11.8 Å². The third-order valence-corrected chi connectivity index (χ3v) is 3.90. The summed E-state index contributed by atoms with van der Waals surface area (Å²) in [4.78, 5) is 29.5. The number of pyridine rings is 1. The first-order valence-electron chi connectivity index (χ1n) is 7.73. The van der Waals surface area contributed by atoms with Gasteiger partial charge in [-0.15, -0.1) is 0 Å². The Morgan fingerprint density at radius 2 is 2.39 bits per heavy atom. The minimum atomic E-state index is -0.743. The summed E-state index contributed by atoms with van der Waals surface area (Å²) >= 11 is 0. The SMILES string of the molecule is N#C[C@@H]1CCCN1C(=O)[C@@H](N)CCC(=O)NCc1cccnc1. The maximum absolute atomic E-state index is 12.2. The summed E-state index contributed by atoms with van der Waals surface area (Å²) < 4.78 is 0. The fourth-order valence-corrected chi connectivity index (χ4v) is 2.58. The molecule has 0 saturated carbocycles. The molecule has 2 atom stereocenters. The van der Waals surface area contributed by atoms with Crippen LogP contribution in [0.25, 0.3) is 0 Å². The molecule has 23 heavy (non-hydrogen) atoms. The standard InChI is InChI=1S/C16H21N5O2/c17-9-13-4-2-8-21(13)16(23)14(18)5-6-15(22)20-11-12-3-1-7-19-10-12/h1,3,7,10,13-14H,2,4-6,8,11,18H2,(H,20,22)/t13-,14-/m0/s1. The summed E-state index contributed by atoms with van der Waals surface area (Å²) in [6.45, 7) is 0.969. The smallest absolute Gasteiger partial charge is 0.240 e. The number of carbonyl (C=O) groups excluding carboxylic acids is 2. The van der Waals surface area contributed by atoms with Crippen LogP contribution in [-0.2, 0) is 16.1 Å². The molecule has 2 rings (SSSR count). The molecule has 2 amide bonds. The van der Waals surface area contributed by atoms with Crippen LogP contribution in [0.15, 0.2) is 24.5 Å². The van der Waals surface area contributed by atoms with Crippen LogP contribution in [0.1, 0.15) is 31.2 Å². The molecule has 7 heteroatoms. The van der Waals surface area contributed by atoms with Crippen molar-refractivity contribution in [2.75, 3.05) is 6.54 Å². The van der Waals surface area contributed by atoms with Gasteiger partial charge in [-0.2, -0.15) is 5.26 Å². The highest BCUT2D eigenvalue weighted by Crippen LogP contribution is 2.17. The molecule has 1 fully saturated rings. The summed E-state index contributed by atoms with van der Waals surface area (Å²) in [7, 11) is 0. The second-order valence-corrected chi connectivity index (χ2v) is 5.60. The van der Waals surface area contributed by atoms with Gasteiger partial charge in [0.15, 0.2) is 0 Å². The Morgan fingerprint density at radius 1 is 1.57 bits per heavy atom. The molecular weight excluding hydrogens is 294 g/mol. The Morgan fingerprint density at radius 3 is 3.09 bits per heavy atom. The number of likely N-dealkylation sites (tertiary alicyclic amines) is 1. The van der Waals surface area contributed by atoms with Crippen molar-refractivity contribution in [2.45, 2.75) is 44.3 Å². The molecular formula is C16H21N5O2. The third-order valence-electron chi connectivity index (χ3n) is 3.90. The molecule has 1 aromatic rings. The van der Waals surface area contributed by atoms with Gasteiger partial charge >= 0.3 is 0 Å². The second kappa shape index (κ2) is 8.25. The Bertz CT molecular complexity index is 584. The molecule has 2 heterocycles. The van der Waals surface area contributed by atoms with Gasteiger partial charge < -0.3 is 16.0 Å². The number of nitrogens with zero attached hydrogens (tertiary/aromatic N) is 3. The average Bonchev–Trinajstić information content (AvgIpc) is 3.06. The van der Waals surface area contributed by atoms with Crippen LogP contribution in [0.5, 0.6) is 0 Å². The van der Waals surface area contributed by atoms with E-state index in [1.165, 1.54) is 4.90 Å². The lowest BCUT2D eigenvalue weighted by atomic mass is 10.1. The molecule has 122 valence electrons. The monoisotopic (exact) mass is 315 g/mol. The maximum Gasteiger partial charge on any atom is 0.240 e. The highest BCUT2D eigenvalue weighted by Gasteiger charge is 2.31. The number of nitriles is 1. The fourth-order valence-electron chi connectivity index (χ4n) is 2.58. The van der Waals surface area contributed by atoms with Gasteiger partial charge in [-0.05, 0) is 30.9 Å². The summed E-state index contributed by atoms with van der Waals surface area (Å²) in [6.07, 6.45) is 5.32. The first-order chi connectivity index (χ1) is 11.1. The molecule has 0 bridgehead atoms. The Labute approximate surface area is 135 Å². The first kappa shape index (κ1) is 16.9. The van der Waals surface area contributed by atoms with E-state index in [1.807, 2.05) is 6.07 Å². The molecule has 7 nitrogen and oxygen atoms in total. The number of nitrogens with two attached hydrogens (primary N) is 1. The summed E-state index contributed by atoms with van der Waals surface area (Å²) in [5.41, 5.74) is 6.79. The van der Waals surface area contributed by atoms with Crippen molar-refractivity contribution in [3.8, 4) is 6.07 Å². The summed E-state index contributed by atoms with van der Waals surface area (Å²) in [6, 6.07) is 4.67. The third kappa shape index (κ3) is 4.76. The van der Waals surface area contributed by atoms with Gasteiger partial charge in [0, 0.05) is 31.9 Å². The Kier molecular flexibility index (Phi) is 6.06. The molecule has 1 aliphatic rings. The topological polar surface area (TPSA) is 112 Å². The van der Waals surface area contributed by atoms with Crippen molar-refractivity contribution in [1.29, 1.82) is 5.26 Å². The minimum absolute atomic E-state index is 0.157. The second-order valence-electron chi connectivity index (χ2n) is 5.60. The largest absolute Gasteiger partial charge is 0.352 e. The van der Waals surface area contributed by atoms with E-state index in [0.29, 0.717) is 19.5 Å². The predicted molar refractivity (Wildman–Crippen MR) is 83.6 cm³/mol. The number of aromatic nitrogens is 1. The van der Waals surface area contributed by atoms with Crippen LogP contribution < -0.4 is 11.1 Å². The van der Waals surface area contributed by atoms with Gasteiger partial charge in [-0.25, -0.2) is 0 Å². The Balaban J connectivity index is 1.73. The summed E-state index contributed by atoms with van der Waals surface area (Å²) in [5.74, 6) is -0.399. The number of hydrogen-bond acceptors (Lipinski definition) is 5. The van der Waals surface area contributed by atoms with Gasteiger partial charge in [0.05, 0.1) is 12.1 Å². The van der Waals surface area contributed by atoms with E-state index in [4.69, 9.17) is 11.0 Å². The molecule has 0 aromatic carbocycles. The van der Waals surface area contributed by atoms with E-state index in [9.17, 15) is 9.59 Å². The number of rotatable bonds is 6. The lowest BCUT2D eigenvalue weighted by Crippen LogP contribution is -2.46. The molecule has 0 unspecified atom stereocenters. The van der Waals surface area contributed by atoms with Crippen LogP contribution in [0.3, 0.4) is 0 Å². The van der Waals surface area contributed by atoms with E-state index >= 15 is 0 Å². The molecule has 3 N–H and O–H groups in total. The van der Waals surface area contributed by atoms with E-state index in [0.717, 1.165) is 12.0 Å².